The summed E-state index contributed by atoms with van der Waals surface area (Å²) in [6.07, 6.45) is -4.43. The van der Waals surface area contributed by atoms with E-state index in [4.69, 9.17) is 11.6 Å². The first-order valence-corrected chi connectivity index (χ1v) is 11.4. The summed E-state index contributed by atoms with van der Waals surface area (Å²) in [4.78, 5) is 15.8. The number of hydrogen-bond donors (Lipinski definition) is 1. The number of alkyl halides is 3. The van der Waals surface area contributed by atoms with E-state index >= 15 is 0 Å². The summed E-state index contributed by atoms with van der Waals surface area (Å²) < 4.78 is 65.6. The summed E-state index contributed by atoms with van der Waals surface area (Å²) in [6, 6.07) is 10.9. The number of sulfonamides is 1. The highest BCUT2D eigenvalue weighted by Gasteiger charge is 2.31. The number of carbonyl (C=O) groups excluding carboxylic acids is 1. The smallest absolute Gasteiger partial charge is 0.368 e. The molecule has 1 heterocycles. The van der Waals surface area contributed by atoms with Crippen LogP contribution in [-0.4, -0.2) is 51.9 Å². The van der Waals surface area contributed by atoms with Crippen LogP contribution in [0.25, 0.3) is 0 Å². The average Bonchev–Trinajstić information content (AvgIpc) is 2.73. The highest BCUT2D eigenvalue weighted by atomic mass is 35.5. The molecule has 1 fully saturated rings. The van der Waals surface area contributed by atoms with Crippen LogP contribution in [0.15, 0.2) is 53.4 Å². The van der Waals surface area contributed by atoms with E-state index in [2.05, 4.69) is 4.72 Å². The molecule has 1 amide bonds. The summed E-state index contributed by atoms with van der Waals surface area (Å²) in [6.45, 7) is 1.40. The van der Waals surface area contributed by atoms with E-state index in [1.807, 2.05) is 0 Å². The van der Waals surface area contributed by atoms with Gasteiger partial charge in [0.25, 0.3) is 0 Å². The molecule has 168 valence electrons. The summed E-state index contributed by atoms with van der Waals surface area (Å²) >= 11 is 5.81. The lowest BCUT2D eigenvalue weighted by Gasteiger charge is -2.36. The molecule has 0 atom stereocenters. The van der Waals surface area contributed by atoms with Crippen molar-refractivity contribution in [1.82, 2.24) is 9.62 Å². The topological polar surface area (TPSA) is 69.7 Å². The standard InChI is InChI=1S/C20H21ClF3N3O3S/c21-16-4-2-6-18(14-16)31(29,30)25-8-7-19(28)27-11-9-26(10-12-27)17-5-1-3-15(13-17)20(22,23)24/h1-6,13-14,25H,7-12H2. The Labute approximate surface area is 183 Å². The highest BCUT2D eigenvalue weighted by molar-refractivity contribution is 7.89. The van der Waals surface area contributed by atoms with Crippen LogP contribution in [0.5, 0.6) is 0 Å². The number of halogens is 4. The molecule has 1 N–H and O–H groups in total. The SMILES string of the molecule is O=C(CCNS(=O)(=O)c1cccc(Cl)c1)N1CCN(c2cccc(C(F)(F)F)c2)CC1. The van der Waals surface area contributed by atoms with Crippen LogP contribution in [0, 0.1) is 0 Å². The molecular formula is C20H21ClF3N3O3S. The Balaban J connectivity index is 1.49. The van der Waals surface area contributed by atoms with E-state index in [0.717, 1.165) is 12.1 Å². The maximum Gasteiger partial charge on any atom is 0.416 e. The van der Waals surface area contributed by atoms with E-state index in [-0.39, 0.29) is 28.8 Å². The number of amides is 1. The Bertz CT molecular complexity index is 1040. The quantitative estimate of drug-likeness (QED) is 0.695. The largest absolute Gasteiger partial charge is 0.416 e. The van der Waals surface area contributed by atoms with Crippen LogP contribution in [0.4, 0.5) is 18.9 Å². The van der Waals surface area contributed by atoms with Gasteiger partial charge in [-0.2, -0.15) is 13.2 Å². The van der Waals surface area contributed by atoms with Crippen molar-refractivity contribution in [3.05, 3.63) is 59.1 Å². The van der Waals surface area contributed by atoms with E-state index in [9.17, 15) is 26.4 Å². The number of nitrogens with zero attached hydrogens (tertiary/aromatic N) is 2. The molecule has 0 radical (unpaired) electrons. The molecule has 6 nitrogen and oxygen atoms in total. The van der Waals surface area contributed by atoms with Crippen molar-refractivity contribution < 1.29 is 26.4 Å². The van der Waals surface area contributed by atoms with Crippen molar-refractivity contribution in [3.8, 4) is 0 Å². The van der Waals surface area contributed by atoms with Gasteiger partial charge >= 0.3 is 6.18 Å². The summed E-state index contributed by atoms with van der Waals surface area (Å²) in [5.74, 6) is -0.225. The number of anilines is 1. The number of carbonyl (C=O) groups is 1. The Hall–Kier alpha value is -2.30. The lowest BCUT2D eigenvalue weighted by Crippen LogP contribution is -2.49. The molecule has 2 aromatic carbocycles. The third-order valence-corrected chi connectivity index (χ3v) is 6.60. The molecule has 0 aromatic heterocycles. The van der Waals surface area contributed by atoms with Gasteiger partial charge in [-0.15, -0.1) is 0 Å². The Morgan fingerprint density at radius 1 is 1.03 bits per heavy atom. The zero-order valence-corrected chi connectivity index (χ0v) is 18.0. The van der Waals surface area contributed by atoms with Crippen molar-refractivity contribution in [2.75, 3.05) is 37.6 Å². The highest BCUT2D eigenvalue weighted by Crippen LogP contribution is 2.31. The molecule has 1 aliphatic rings. The molecule has 1 saturated heterocycles. The third kappa shape index (κ3) is 6.11. The summed E-state index contributed by atoms with van der Waals surface area (Å²) in [7, 11) is -3.78. The first-order chi connectivity index (χ1) is 14.6. The molecular weight excluding hydrogens is 455 g/mol. The molecule has 0 aliphatic carbocycles. The Morgan fingerprint density at radius 3 is 2.35 bits per heavy atom. The van der Waals surface area contributed by atoms with Crippen molar-refractivity contribution >= 4 is 33.2 Å². The summed E-state index contributed by atoms with van der Waals surface area (Å²) in [5, 5.41) is 0.289. The van der Waals surface area contributed by atoms with Crippen molar-refractivity contribution in [2.24, 2.45) is 0 Å². The van der Waals surface area contributed by atoms with Gasteiger partial charge in [0.1, 0.15) is 0 Å². The minimum atomic E-state index is -4.41. The predicted octanol–water partition coefficient (Wildman–Crippen LogP) is 3.38. The van der Waals surface area contributed by atoms with Crippen LogP contribution < -0.4 is 9.62 Å². The average molecular weight is 476 g/mol. The van der Waals surface area contributed by atoms with Crippen molar-refractivity contribution in [3.63, 3.8) is 0 Å². The van der Waals surface area contributed by atoms with Crippen LogP contribution >= 0.6 is 11.6 Å². The molecule has 11 heteroatoms. The van der Waals surface area contributed by atoms with Gasteiger partial charge in [-0.05, 0) is 36.4 Å². The van der Waals surface area contributed by atoms with Gasteiger partial charge in [0, 0.05) is 49.9 Å². The number of nitrogens with one attached hydrogen (secondary N) is 1. The fourth-order valence-corrected chi connectivity index (χ4v) is 4.59. The van der Waals surface area contributed by atoms with Crippen LogP contribution in [0.2, 0.25) is 5.02 Å². The first kappa shape index (κ1) is 23.4. The predicted molar refractivity (Wildman–Crippen MR) is 111 cm³/mol. The van der Waals surface area contributed by atoms with E-state index in [1.54, 1.807) is 21.9 Å². The molecule has 0 bridgehead atoms. The number of hydrogen-bond acceptors (Lipinski definition) is 4. The van der Waals surface area contributed by atoms with E-state index in [0.29, 0.717) is 31.9 Å². The van der Waals surface area contributed by atoms with Crippen molar-refractivity contribution in [1.29, 1.82) is 0 Å². The molecule has 1 aliphatic heterocycles. The fourth-order valence-electron chi connectivity index (χ4n) is 3.26. The normalized spacial score (nSPS) is 15.2. The lowest BCUT2D eigenvalue weighted by atomic mass is 10.1. The second-order valence-corrected chi connectivity index (χ2v) is 9.22. The molecule has 3 rings (SSSR count). The van der Waals surface area contributed by atoms with Crippen LogP contribution in [-0.2, 0) is 21.0 Å². The number of rotatable bonds is 6. The summed E-state index contributed by atoms with van der Waals surface area (Å²) in [5.41, 5.74) is -0.258. The number of benzene rings is 2. The minimum absolute atomic E-state index is 0.0159. The number of piperazine rings is 1. The van der Waals surface area contributed by atoms with E-state index < -0.39 is 21.8 Å². The lowest BCUT2D eigenvalue weighted by molar-refractivity contribution is -0.137. The zero-order valence-electron chi connectivity index (χ0n) is 16.4. The van der Waals surface area contributed by atoms with Gasteiger partial charge in [-0.1, -0.05) is 23.7 Å². The molecule has 0 spiro atoms. The maximum atomic E-state index is 12.9. The second-order valence-electron chi connectivity index (χ2n) is 7.02. The zero-order chi connectivity index (χ0) is 22.6. The fraction of sp³-hybridized carbons (Fsp3) is 0.350. The molecule has 0 unspecified atom stereocenters. The van der Waals surface area contributed by atoms with Gasteiger partial charge in [-0.3, -0.25) is 4.79 Å². The first-order valence-electron chi connectivity index (χ1n) is 9.51. The molecule has 0 saturated carbocycles. The van der Waals surface area contributed by atoms with Gasteiger partial charge in [0.05, 0.1) is 10.5 Å². The Kier molecular flexibility index (Phi) is 7.13. The molecule has 31 heavy (non-hydrogen) atoms. The van der Waals surface area contributed by atoms with Gasteiger partial charge in [0.15, 0.2) is 0 Å². The minimum Gasteiger partial charge on any atom is -0.368 e. The van der Waals surface area contributed by atoms with E-state index in [1.165, 1.54) is 24.3 Å². The van der Waals surface area contributed by atoms with Gasteiger partial charge < -0.3 is 9.80 Å². The van der Waals surface area contributed by atoms with Gasteiger partial charge in [0.2, 0.25) is 15.9 Å². The van der Waals surface area contributed by atoms with Crippen LogP contribution in [0.3, 0.4) is 0 Å². The second kappa shape index (κ2) is 9.46. The Morgan fingerprint density at radius 2 is 1.71 bits per heavy atom. The third-order valence-electron chi connectivity index (χ3n) is 4.91. The maximum absolute atomic E-state index is 12.9. The van der Waals surface area contributed by atoms with Gasteiger partial charge in [-0.25, -0.2) is 13.1 Å². The van der Waals surface area contributed by atoms with Crippen LogP contribution in [0.1, 0.15) is 12.0 Å². The molecule has 2 aromatic rings. The van der Waals surface area contributed by atoms with Crippen molar-refractivity contribution in [2.45, 2.75) is 17.5 Å². The monoisotopic (exact) mass is 475 g/mol.